The molecule has 0 saturated carbocycles. The van der Waals surface area contributed by atoms with E-state index in [0.717, 1.165) is 12.8 Å². The van der Waals surface area contributed by atoms with Gasteiger partial charge in [-0.3, -0.25) is 4.57 Å². The van der Waals surface area contributed by atoms with Gasteiger partial charge < -0.3 is 14.2 Å². The van der Waals surface area contributed by atoms with Gasteiger partial charge in [-0.25, -0.2) is 0 Å². The Kier molecular flexibility index (Phi) is 10.00. The molecule has 122 valence electrons. The molecule has 0 fully saturated rings. The van der Waals surface area contributed by atoms with E-state index in [4.69, 9.17) is 9.05 Å². The van der Waals surface area contributed by atoms with Gasteiger partial charge in [0.1, 0.15) is 0 Å². The third kappa shape index (κ3) is 5.48. The van der Waals surface area contributed by atoms with Crippen molar-refractivity contribution in [3.8, 4) is 0 Å². The highest BCUT2D eigenvalue weighted by atomic mass is 31.2. The van der Waals surface area contributed by atoms with Gasteiger partial charge in [0.2, 0.25) is 0 Å². The van der Waals surface area contributed by atoms with Crippen molar-refractivity contribution in [1.82, 2.24) is 0 Å². The summed E-state index contributed by atoms with van der Waals surface area (Å²) in [6, 6.07) is 0. The fourth-order valence-corrected chi connectivity index (χ4v) is 4.82. The van der Waals surface area contributed by atoms with Gasteiger partial charge >= 0.3 is 7.60 Å². The topological polar surface area (TPSA) is 55.8 Å². The number of rotatable bonds is 12. The van der Waals surface area contributed by atoms with Crippen LogP contribution < -0.4 is 0 Å². The van der Waals surface area contributed by atoms with Gasteiger partial charge in [0.05, 0.1) is 11.3 Å². The molecule has 1 unspecified atom stereocenters. The van der Waals surface area contributed by atoms with E-state index in [2.05, 4.69) is 6.92 Å². The Bertz CT molecular complexity index is 282. The van der Waals surface area contributed by atoms with Crippen LogP contribution in [0.15, 0.2) is 0 Å². The Balaban J connectivity index is 4.85. The molecular formula is C15H33O4P. The second-order valence-corrected chi connectivity index (χ2v) is 7.87. The molecule has 0 aliphatic rings. The summed E-state index contributed by atoms with van der Waals surface area (Å²) < 4.78 is 23.0. The van der Waals surface area contributed by atoms with Crippen LogP contribution in [-0.4, -0.2) is 30.6 Å². The van der Waals surface area contributed by atoms with E-state index < -0.39 is 18.9 Å². The van der Waals surface area contributed by atoms with Crippen LogP contribution in [0.5, 0.6) is 0 Å². The lowest BCUT2D eigenvalue weighted by molar-refractivity contribution is 0.0157. The zero-order chi connectivity index (χ0) is 15.6. The molecule has 0 amide bonds. The van der Waals surface area contributed by atoms with E-state index in [1.165, 1.54) is 33.5 Å². The first-order chi connectivity index (χ1) is 9.44. The van der Waals surface area contributed by atoms with Crippen molar-refractivity contribution in [1.29, 1.82) is 0 Å². The Morgan fingerprint density at radius 3 is 1.90 bits per heavy atom. The molecule has 0 radical (unpaired) electrons. The highest BCUT2D eigenvalue weighted by Crippen LogP contribution is 2.58. The molecule has 0 aromatic heterocycles. The summed E-state index contributed by atoms with van der Waals surface area (Å²) >= 11 is 0. The molecule has 0 bridgehead atoms. The van der Waals surface area contributed by atoms with E-state index in [9.17, 15) is 9.67 Å². The zero-order valence-electron chi connectivity index (χ0n) is 13.9. The van der Waals surface area contributed by atoms with E-state index in [-0.39, 0.29) is 0 Å². The van der Waals surface area contributed by atoms with Crippen molar-refractivity contribution in [2.24, 2.45) is 0 Å². The zero-order valence-corrected chi connectivity index (χ0v) is 14.7. The molecular weight excluding hydrogens is 275 g/mol. The van der Waals surface area contributed by atoms with Crippen LogP contribution in [0.4, 0.5) is 0 Å². The maximum Gasteiger partial charge on any atom is 0.336 e. The van der Waals surface area contributed by atoms with Crippen LogP contribution in [0.3, 0.4) is 0 Å². The highest BCUT2D eigenvalue weighted by Gasteiger charge is 2.46. The lowest BCUT2D eigenvalue weighted by Gasteiger charge is -2.37. The quantitative estimate of drug-likeness (QED) is 0.417. The summed E-state index contributed by atoms with van der Waals surface area (Å²) in [5, 5.41) is 10.8. The summed E-state index contributed by atoms with van der Waals surface area (Å²) in [4.78, 5) is 0. The molecule has 0 heterocycles. The smallest absolute Gasteiger partial charge is 0.336 e. The number of hydrogen-bond acceptors (Lipinski definition) is 4. The molecule has 5 heteroatoms. The molecule has 0 saturated heterocycles. The first-order valence-electron chi connectivity index (χ1n) is 7.87. The SMILES string of the molecule is CCCCCCCC(C(O)(CC)CC)P(=O)(OC)OC. The molecule has 0 aliphatic carbocycles. The summed E-state index contributed by atoms with van der Waals surface area (Å²) in [5.41, 5.74) is -1.42. The number of aliphatic hydroxyl groups is 1. The van der Waals surface area contributed by atoms with Gasteiger partial charge in [0.25, 0.3) is 0 Å². The summed E-state index contributed by atoms with van der Waals surface area (Å²) in [6.07, 6.45) is 7.45. The number of hydrogen-bond donors (Lipinski definition) is 1. The average Bonchev–Trinajstić information content (AvgIpc) is 2.49. The largest absolute Gasteiger partial charge is 0.389 e. The standard InChI is InChI=1S/C15H33O4P/c1-6-9-10-11-12-13-14(15(16,7-2)8-3)20(17,18-4)19-5/h14,16H,6-13H2,1-5H3. The predicted octanol–water partition coefficient (Wildman–Crippen LogP) is 4.75. The minimum absolute atomic E-state index is 0.443. The van der Waals surface area contributed by atoms with Crippen molar-refractivity contribution in [2.45, 2.75) is 83.4 Å². The first-order valence-corrected chi connectivity index (χ1v) is 9.48. The third-order valence-corrected chi connectivity index (χ3v) is 6.84. The summed E-state index contributed by atoms with van der Waals surface area (Å²) in [6.45, 7) is 6.02. The molecule has 1 N–H and O–H groups in total. The first kappa shape index (κ1) is 20.1. The maximum atomic E-state index is 12.7. The number of unbranched alkanes of at least 4 members (excludes halogenated alkanes) is 4. The van der Waals surface area contributed by atoms with Crippen molar-refractivity contribution in [2.75, 3.05) is 14.2 Å². The van der Waals surface area contributed by atoms with E-state index in [1.54, 1.807) is 0 Å². The van der Waals surface area contributed by atoms with Crippen LogP contribution in [0, 0.1) is 0 Å². The van der Waals surface area contributed by atoms with E-state index >= 15 is 0 Å². The molecule has 20 heavy (non-hydrogen) atoms. The van der Waals surface area contributed by atoms with Crippen LogP contribution >= 0.6 is 7.60 Å². The Morgan fingerprint density at radius 1 is 1.00 bits per heavy atom. The molecule has 0 aliphatic heterocycles. The highest BCUT2D eigenvalue weighted by molar-refractivity contribution is 7.54. The summed E-state index contributed by atoms with van der Waals surface area (Å²) in [5.74, 6) is 0. The molecule has 0 aromatic rings. The molecule has 1 atom stereocenters. The van der Waals surface area contributed by atoms with Gasteiger partial charge in [-0.15, -0.1) is 0 Å². The molecule has 0 aromatic carbocycles. The second kappa shape index (κ2) is 9.94. The van der Waals surface area contributed by atoms with Crippen LogP contribution in [0.1, 0.15) is 72.1 Å². The van der Waals surface area contributed by atoms with Crippen molar-refractivity contribution < 1.29 is 18.7 Å². The minimum Gasteiger partial charge on any atom is -0.389 e. The van der Waals surface area contributed by atoms with Crippen molar-refractivity contribution in [3.63, 3.8) is 0 Å². The summed E-state index contributed by atoms with van der Waals surface area (Å²) in [7, 11) is -0.446. The lowest BCUT2D eigenvalue weighted by atomic mass is 9.90. The fraction of sp³-hybridized carbons (Fsp3) is 1.00. The van der Waals surface area contributed by atoms with Crippen molar-refractivity contribution in [3.05, 3.63) is 0 Å². The molecule has 0 rings (SSSR count). The normalized spacial score (nSPS) is 14.5. The minimum atomic E-state index is -3.25. The van der Waals surface area contributed by atoms with E-state index in [1.807, 2.05) is 13.8 Å². The lowest BCUT2D eigenvalue weighted by Crippen LogP contribution is -2.41. The van der Waals surface area contributed by atoms with Gasteiger partial charge in [-0.1, -0.05) is 52.9 Å². The van der Waals surface area contributed by atoms with E-state index in [0.29, 0.717) is 19.3 Å². The molecule has 4 nitrogen and oxygen atoms in total. The van der Waals surface area contributed by atoms with Gasteiger partial charge in [-0.2, -0.15) is 0 Å². The third-order valence-electron chi connectivity index (χ3n) is 4.32. The molecule has 0 spiro atoms. The maximum absolute atomic E-state index is 12.7. The fourth-order valence-electron chi connectivity index (χ4n) is 2.71. The van der Waals surface area contributed by atoms with Crippen LogP contribution in [-0.2, 0) is 13.6 Å². The van der Waals surface area contributed by atoms with Crippen LogP contribution in [0.25, 0.3) is 0 Å². The van der Waals surface area contributed by atoms with Crippen molar-refractivity contribution >= 4 is 7.60 Å². The van der Waals surface area contributed by atoms with Crippen LogP contribution in [0.2, 0.25) is 0 Å². The Morgan fingerprint density at radius 2 is 1.50 bits per heavy atom. The Labute approximate surface area is 124 Å². The Hall–Kier alpha value is 0.110. The van der Waals surface area contributed by atoms with Gasteiger partial charge in [0, 0.05) is 14.2 Å². The van der Waals surface area contributed by atoms with Gasteiger partial charge in [0.15, 0.2) is 0 Å². The monoisotopic (exact) mass is 308 g/mol. The average molecular weight is 308 g/mol. The predicted molar refractivity (Wildman–Crippen MR) is 84.3 cm³/mol. The van der Waals surface area contributed by atoms with Gasteiger partial charge in [-0.05, 0) is 19.3 Å². The second-order valence-electron chi connectivity index (χ2n) is 5.43.